The maximum Gasteiger partial charge on any atom is 0.197 e. The lowest BCUT2D eigenvalue weighted by molar-refractivity contribution is 0.160. The molecule has 3 aromatic rings. The Bertz CT molecular complexity index is 1140. The first-order valence-electron chi connectivity index (χ1n) is 11.1. The molecule has 8 heteroatoms. The van der Waals surface area contributed by atoms with Crippen molar-refractivity contribution in [3.8, 4) is 28.1 Å². The molecule has 172 valence electrons. The van der Waals surface area contributed by atoms with E-state index in [2.05, 4.69) is 65.3 Å². The van der Waals surface area contributed by atoms with E-state index < -0.39 is 0 Å². The minimum Gasteiger partial charge on any atom is -0.507 e. The van der Waals surface area contributed by atoms with Crippen molar-refractivity contribution in [1.29, 1.82) is 0 Å². The summed E-state index contributed by atoms with van der Waals surface area (Å²) >= 11 is 0. The van der Waals surface area contributed by atoms with Gasteiger partial charge in [0.15, 0.2) is 11.6 Å². The van der Waals surface area contributed by atoms with E-state index in [1.165, 1.54) is 6.20 Å². The van der Waals surface area contributed by atoms with E-state index in [9.17, 15) is 10.0 Å². The van der Waals surface area contributed by atoms with Crippen molar-refractivity contribution in [2.45, 2.75) is 57.7 Å². The van der Waals surface area contributed by atoms with Gasteiger partial charge < -0.3 is 15.3 Å². The molecule has 3 heterocycles. The molecule has 0 radical (unpaired) electrons. The molecule has 0 saturated carbocycles. The van der Waals surface area contributed by atoms with Crippen LogP contribution in [0.2, 0.25) is 0 Å². The fourth-order valence-corrected chi connectivity index (χ4v) is 4.95. The number of nitrogens with one attached hydrogen (secondary N) is 1. The average molecular weight is 447 g/mol. The Kier molecular flexibility index (Phi) is 5.88. The van der Waals surface area contributed by atoms with E-state index in [4.69, 9.17) is 0 Å². The van der Waals surface area contributed by atoms with Gasteiger partial charge in [-0.15, -0.1) is 15.1 Å². The highest BCUT2D eigenvalue weighted by atomic mass is 16.3. The highest BCUT2D eigenvalue weighted by Gasteiger charge is 2.39. The summed E-state index contributed by atoms with van der Waals surface area (Å²) in [5.41, 5.74) is 2.80. The molecule has 2 N–H and O–H groups in total. The summed E-state index contributed by atoms with van der Waals surface area (Å²) in [6, 6.07) is 12.8. The second kappa shape index (κ2) is 8.51. The SMILES string of the molecule is CN(c1ccc(-c2cc(-c3ccnc(N=O)c3)ccc2O)nn1)C1CC(C)(C)NC(C)(C)C1. The highest BCUT2D eigenvalue weighted by molar-refractivity contribution is 5.76. The molecule has 2 aromatic heterocycles. The molecule has 33 heavy (non-hydrogen) atoms. The monoisotopic (exact) mass is 446 g/mol. The van der Waals surface area contributed by atoms with Gasteiger partial charge in [0.05, 0.1) is 5.69 Å². The molecule has 1 aliphatic rings. The molecule has 4 rings (SSSR count). The summed E-state index contributed by atoms with van der Waals surface area (Å²) in [6.07, 6.45) is 3.54. The number of phenolic OH excluding ortho intramolecular Hbond substituents is 1. The molecule has 0 unspecified atom stereocenters. The van der Waals surface area contributed by atoms with E-state index in [1.54, 1.807) is 24.3 Å². The number of anilines is 1. The number of piperidine rings is 1. The van der Waals surface area contributed by atoms with Crippen molar-refractivity contribution in [2.75, 3.05) is 11.9 Å². The smallest absolute Gasteiger partial charge is 0.197 e. The largest absolute Gasteiger partial charge is 0.507 e. The van der Waals surface area contributed by atoms with E-state index in [-0.39, 0.29) is 22.6 Å². The third-order valence-corrected chi connectivity index (χ3v) is 6.17. The van der Waals surface area contributed by atoms with Crippen LogP contribution in [0.4, 0.5) is 11.6 Å². The van der Waals surface area contributed by atoms with Gasteiger partial charge in [-0.05, 0) is 93.2 Å². The number of nitroso groups, excluding NO2 is 1. The van der Waals surface area contributed by atoms with Crippen LogP contribution in [-0.4, -0.2) is 44.5 Å². The molecule has 1 aliphatic heterocycles. The summed E-state index contributed by atoms with van der Waals surface area (Å²) in [7, 11) is 2.06. The molecule has 8 nitrogen and oxygen atoms in total. The van der Waals surface area contributed by atoms with E-state index in [0.29, 0.717) is 17.3 Å². The van der Waals surface area contributed by atoms with E-state index in [1.807, 2.05) is 18.2 Å². The Morgan fingerprint density at radius 2 is 1.70 bits per heavy atom. The maximum absolute atomic E-state index is 10.8. The normalized spacial score (nSPS) is 17.5. The third-order valence-electron chi connectivity index (χ3n) is 6.17. The molecule has 0 atom stereocenters. The fourth-order valence-electron chi connectivity index (χ4n) is 4.95. The summed E-state index contributed by atoms with van der Waals surface area (Å²) in [6.45, 7) is 8.93. The Hall–Kier alpha value is -3.39. The first-order valence-corrected chi connectivity index (χ1v) is 11.1. The number of pyridine rings is 1. The highest BCUT2D eigenvalue weighted by Crippen LogP contribution is 2.35. The molecule has 1 aromatic carbocycles. The van der Waals surface area contributed by atoms with Crippen molar-refractivity contribution in [2.24, 2.45) is 5.18 Å². The standard InChI is InChI=1S/C25H30N6O2/c1-24(2)14-18(15-25(3,4)30-24)31(5)23-9-7-20(27-28-23)19-12-16(6-8-21(19)32)17-10-11-26-22(13-17)29-33/h6-13,18,30,32H,14-15H2,1-5H3. The van der Waals surface area contributed by atoms with Gasteiger partial charge in [0.25, 0.3) is 0 Å². The second-order valence-corrected chi connectivity index (χ2v) is 10.1. The van der Waals surface area contributed by atoms with Crippen LogP contribution in [0.15, 0.2) is 53.8 Å². The van der Waals surface area contributed by atoms with Gasteiger partial charge in [0, 0.05) is 35.9 Å². The number of hydrogen-bond donors (Lipinski definition) is 2. The van der Waals surface area contributed by atoms with Crippen LogP contribution in [0.25, 0.3) is 22.4 Å². The number of rotatable bonds is 5. The maximum atomic E-state index is 10.8. The molecule has 1 saturated heterocycles. The van der Waals surface area contributed by atoms with Gasteiger partial charge >= 0.3 is 0 Å². The predicted molar refractivity (Wildman–Crippen MR) is 131 cm³/mol. The Morgan fingerprint density at radius 3 is 2.33 bits per heavy atom. The van der Waals surface area contributed by atoms with Crippen molar-refractivity contribution >= 4 is 11.6 Å². The van der Waals surface area contributed by atoms with Crippen molar-refractivity contribution in [1.82, 2.24) is 20.5 Å². The van der Waals surface area contributed by atoms with Crippen LogP contribution in [0.1, 0.15) is 40.5 Å². The predicted octanol–water partition coefficient (Wildman–Crippen LogP) is 5.05. The third kappa shape index (κ3) is 5.01. The lowest BCUT2D eigenvalue weighted by Crippen LogP contribution is -2.62. The molecule has 1 fully saturated rings. The van der Waals surface area contributed by atoms with E-state index in [0.717, 1.165) is 29.8 Å². The zero-order valence-corrected chi connectivity index (χ0v) is 19.7. The summed E-state index contributed by atoms with van der Waals surface area (Å²) in [5.74, 6) is 1.01. The van der Waals surface area contributed by atoms with E-state index >= 15 is 0 Å². The van der Waals surface area contributed by atoms with Crippen LogP contribution in [0.3, 0.4) is 0 Å². The van der Waals surface area contributed by atoms with Crippen LogP contribution in [0.5, 0.6) is 5.75 Å². The average Bonchev–Trinajstić information content (AvgIpc) is 2.77. The topological polar surface area (TPSA) is 104 Å². The molecule has 0 spiro atoms. The first-order chi connectivity index (χ1) is 15.6. The zero-order valence-electron chi connectivity index (χ0n) is 19.7. The van der Waals surface area contributed by atoms with Crippen molar-refractivity contribution < 1.29 is 5.11 Å². The Labute approximate surface area is 194 Å². The van der Waals surface area contributed by atoms with Gasteiger partial charge in [-0.1, -0.05) is 6.07 Å². The molecular formula is C25H30N6O2. The number of aromatic nitrogens is 3. The Morgan fingerprint density at radius 1 is 1.00 bits per heavy atom. The Balaban J connectivity index is 1.60. The summed E-state index contributed by atoms with van der Waals surface area (Å²) in [4.78, 5) is 16.9. The molecule has 0 aliphatic carbocycles. The van der Waals surface area contributed by atoms with Crippen molar-refractivity contribution in [3.05, 3.63) is 53.6 Å². The number of nitrogens with zero attached hydrogens (tertiary/aromatic N) is 5. The molecular weight excluding hydrogens is 416 g/mol. The summed E-state index contributed by atoms with van der Waals surface area (Å²) in [5, 5.41) is 26.0. The van der Waals surface area contributed by atoms with Gasteiger partial charge in [0.2, 0.25) is 0 Å². The van der Waals surface area contributed by atoms with Gasteiger partial charge in [-0.25, -0.2) is 4.98 Å². The fraction of sp³-hybridized carbons (Fsp3) is 0.400. The number of hydrogen-bond acceptors (Lipinski definition) is 8. The van der Waals surface area contributed by atoms with Crippen LogP contribution in [-0.2, 0) is 0 Å². The van der Waals surface area contributed by atoms with Gasteiger partial charge in [-0.2, -0.15) is 0 Å². The van der Waals surface area contributed by atoms with Crippen LogP contribution in [0, 0.1) is 4.91 Å². The number of aromatic hydroxyl groups is 1. The van der Waals surface area contributed by atoms with Gasteiger partial charge in [0.1, 0.15) is 5.75 Å². The second-order valence-electron chi connectivity index (χ2n) is 10.1. The van der Waals surface area contributed by atoms with Crippen LogP contribution < -0.4 is 10.2 Å². The number of benzene rings is 1. The molecule has 0 bridgehead atoms. The van der Waals surface area contributed by atoms with Crippen molar-refractivity contribution in [3.63, 3.8) is 0 Å². The lowest BCUT2D eigenvalue weighted by atomic mass is 9.79. The zero-order chi connectivity index (χ0) is 23.8. The minimum atomic E-state index is 0.0342. The summed E-state index contributed by atoms with van der Waals surface area (Å²) < 4.78 is 0. The first kappa shape index (κ1) is 22.8. The van der Waals surface area contributed by atoms with Gasteiger partial charge in [-0.3, -0.25) is 0 Å². The van der Waals surface area contributed by atoms with Crippen LogP contribution >= 0.6 is 0 Å². The quantitative estimate of drug-likeness (QED) is 0.528. The number of phenols is 1. The lowest BCUT2D eigenvalue weighted by Gasteiger charge is -2.49. The minimum absolute atomic E-state index is 0.0342. The molecule has 0 amide bonds.